The van der Waals surface area contributed by atoms with Crippen LogP contribution < -0.4 is 15.0 Å². The van der Waals surface area contributed by atoms with Crippen LogP contribution in [0.15, 0.2) is 36.5 Å². The number of pyridine rings is 1. The van der Waals surface area contributed by atoms with Crippen LogP contribution in [0.2, 0.25) is 10.0 Å². The van der Waals surface area contributed by atoms with Crippen molar-refractivity contribution in [3.8, 4) is 5.75 Å². The van der Waals surface area contributed by atoms with Gasteiger partial charge in [0.05, 0.1) is 16.7 Å². The van der Waals surface area contributed by atoms with Gasteiger partial charge in [-0.15, -0.1) is 0 Å². The first-order chi connectivity index (χ1) is 17.6. The fraction of sp³-hybridized carbons (Fsp3) is 0.519. The largest absolute Gasteiger partial charge is 0.476 e. The summed E-state index contributed by atoms with van der Waals surface area (Å²) in [7, 11) is 0. The number of nitrogens with zero attached hydrogens (tertiary/aromatic N) is 3. The van der Waals surface area contributed by atoms with E-state index < -0.39 is 11.7 Å². The minimum Gasteiger partial charge on any atom is -0.476 e. The number of aliphatic hydroxyl groups is 1. The Labute approximate surface area is 226 Å². The molecule has 1 aromatic heterocycles. The number of rotatable bonds is 6. The molecular weight excluding hydrogens is 515 g/mol. The van der Waals surface area contributed by atoms with E-state index in [1.54, 1.807) is 43.1 Å². The van der Waals surface area contributed by atoms with Gasteiger partial charge in [0.25, 0.3) is 11.8 Å². The summed E-state index contributed by atoms with van der Waals surface area (Å²) < 4.78 is 5.96. The van der Waals surface area contributed by atoms with Gasteiger partial charge in [0.2, 0.25) is 0 Å². The molecule has 3 saturated heterocycles. The van der Waals surface area contributed by atoms with Crippen molar-refractivity contribution in [3.63, 3.8) is 0 Å². The normalized spacial score (nSPS) is 25.3. The zero-order valence-electron chi connectivity index (χ0n) is 21.0. The number of fused-ring (bicyclic) bond motifs is 2. The second-order valence-corrected chi connectivity index (χ2v) is 11.6. The van der Waals surface area contributed by atoms with Crippen molar-refractivity contribution < 1.29 is 19.4 Å². The van der Waals surface area contributed by atoms with E-state index in [1.165, 1.54) is 0 Å². The molecule has 0 radical (unpaired) electrons. The average molecular weight is 547 g/mol. The molecule has 8 nitrogen and oxygen atoms in total. The molecule has 2 bridgehead atoms. The van der Waals surface area contributed by atoms with Crippen molar-refractivity contribution in [1.29, 1.82) is 0 Å². The molecule has 0 unspecified atom stereocenters. The lowest BCUT2D eigenvalue weighted by atomic mass is 9.96. The topological polar surface area (TPSA) is 95.0 Å². The van der Waals surface area contributed by atoms with Crippen LogP contribution in [0.1, 0.15) is 56.3 Å². The summed E-state index contributed by atoms with van der Waals surface area (Å²) in [6.07, 6.45) is 5.50. The van der Waals surface area contributed by atoms with E-state index in [1.807, 2.05) is 12.1 Å². The number of carbonyl (C=O) groups excluding carboxylic acids is 2. The lowest BCUT2D eigenvalue weighted by molar-refractivity contribution is -0.135. The average Bonchev–Trinajstić information content (AvgIpc) is 3.41. The van der Waals surface area contributed by atoms with E-state index in [9.17, 15) is 14.7 Å². The highest BCUT2D eigenvalue weighted by atomic mass is 35.5. The summed E-state index contributed by atoms with van der Waals surface area (Å²) in [5, 5.41) is 13.8. The van der Waals surface area contributed by atoms with E-state index in [2.05, 4.69) is 15.2 Å². The number of aliphatic hydroxyl groups excluding tert-OH is 1. The third-order valence-electron chi connectivity index (χ3n) is 7.58. The highest BCUT2D eigenvalue weighted by molar-refractivity contribution is 6.35. The monoisotopic (exact) mass is 546 g/mol. The Hall–Kier alpha value is -2.55. The van der Waals surface area contributed by atoms with Gasteiger partial charge in [-0.2, -0.15) is 0 Å². The maximum Gasteiger partial charge on any atom is 0.263 e. The van der Waals surface area contributed by atoms with E-state index in [4.69, 9.17) is 27.9 Å². The highest BCUT2D eigenvalue weighted by Crippen LogP contribution is 2.39. The number of nitrogens with one attached hydrogen (secondary N) is 1. The van der Waals surface area contributed by atoms with Crippen molar-refractivity contribution in [2.24, 2.45) is 0 Å². The Balaban J connectivity index is 1.20. The van der Waals surface area contributed by atoms with E-state index in [0.29, 0.717) is 40.9 Å². The smallest absolute Gasteiger partial charge is 0.263 e. The molecular formula is C27H32Cl2N4O4. The summed E-state index contributed by atoms with van der Waals surface area (Å²) in [5.74, 6) is 0.987. The van der Waals surface area contributed by atoms with Crippen LogP contribution in [0.4, 0.5) is 5.82 Å². The molecule has 0 spiro atoms. The number of amides is 2. The van der Waals surface area contributed by atoms with Gasteiger partial charge in [-0.1, -0.05) is 23.2 Å². The van der Waals surface area contributed by atoms with Crippen LogP contribution in [0.5, 0.6) is 5.75 Å². The van der Waals surface area contributed by atoms with E-state index in [0.717, 1.165) is 31.5 Å². The Kier molecular flexibility index (Phi) is 7.27. The van der Waals surface area contributed by atoms with Crippen LogP contribution in [0, 0.1) is 0 Å². The van der Waals surface area contributed by atoms with Crippen molar-refractivity contribution in [2.45, 2.75) is 75.8 Å². The number of β-amino-alcohol motifs (C(OH)–C–C–N with tert-alkyl or cyclic N) is 1. The van der Waals surface area contributed by atoms with Crippen molar-refractivity contribution in [3.05, 3.63) is 52.1 Å². The number of likely N-dealkylation sites (tertiary alicyclic amines) is 1. The minimum atomic E-state index is -1.11. The minimum absolute atomic E-state index is 0.0345. The van der Waals surface area contributed by atoms with Crippen LogP contribution in [-0.4, -0.2) is 69.7 Å². The van der Waals surface area contributed by atoms with Gasteiger partial charge in [-0.25, -0.2) is 4.98 Å². The second kappa shape index (κ2) is 10.3. The standard InChI is InChI=1S/C27H32Cl2N4O4/c1-27(2,37-23-7-4-17(28)11-22(23)29)26(36)31-18-12-19-5-6-20(13-18)33(19)24-8-3-16(14-30-24)25(35)32-10-9-21(34)15-32/h3-4,7-8,11,14,18-21,34H,5-6,9-10,12-13,15H2,1-2H3,(H,31,36)/t18-,19+,20-,21-/m1/s1. The maximum atomic E-state index is 13.1. The van der Waals surface area contributed by atoms with Gasteiger partial charge >= 0.3 is 0 Å². The number of benzene rings is 1. The molecule has 2 aromatic rings. The van der Waals surface area contributed by atoms with E-state index in [-0.39, 0.29) is 29.9 Å². The number of piperidine rings is 1. The molecule has 1 aromatic carbocycles. The molecule has 2 N–H and O–H groups in total. The fourth-order valence-electron chi connectivity index (χ4n) is 5.68. The molecule has 4 atom stereocenters. The predicted molar refractivity (Wildman–Crippen MR) is 142 cm³/mol. The first kappa shape index (κ1) is 26.1. The zero-order chi connectivity index (χ0) is 26.3. The molecule has 3 aliphatic heterocycles. The Morgan fingerprint density at radius 1 is 1.11 bits per heavy atom. The van der Waals surface area contributed by atoms with Crippen LogP contribution in [-0.2, 0) is 4.79 Å². The molecule has 198 valence electrons. The Morgan fingerprint density at radius 3 is 2.43 bits per heavy atom. The third kappa shape index (κ3) is 5.52. The number of hydrogen-bond donors (Lipinski definition) is 2. The number of anilines is 1. The molecule has 2 amide bonds. The Bertz CT molecular complexity index is 1160. The number of carbonyl (C=O) groups is 2. The number of halogens is 2. The molecule has 37 heavy (non-hydrogen) atoms. The zero-order valence-corrected chi connectivity index (χ0v) is 22.5. The van der Waals surface area contributed by atoms with Gasteiger partial charge in [0.1, 0.15) is 11.6 Å². The van der Waals surface area contributed by atoms with Crippen LogP contribution in [0.25, 0.3) is 0 Å². The quantitative estimate of drug-likeness (QED) is 0.567. The lowest BCUT2D eigenvalue weighted by Gasteiger charge is -2.41. The second-order valence-electron chi connectivity index (χ2n) is 10.7. The first-order valence-corrected chi connectivity index (χ1v) is 13.5. The summed E-state index contributed by atoms with van der Waals surface area (Å²) in [6.45, 7) is 4.40. The molecule has 5 rings (SSSR count). The fourth-order valence-corrected chi connectivity index (χ4v) is 6.13. The predicted octanol–water partition coefficient (Wildman–Crippen LogP) is 4.07. The summed E-state index contributed by atoms with van der Waals surface area (Å²) >= 11 is 12.2. The van der Waals surface area contributed by atoms with Gasteiger partial charge < -0.3 is 25.0 Å². The molecule has 0 aliphatic carbocycles. The summed E-state index contributed by atoms with van der Waals surface area (Å²) in [4.78, 5) is 34.5. The number of aromatic nitrogens is 1. The number of ether oxygens (including phenoxy) is 1. The molecule has 0 saturated carbocycles. The third-order valence-corrected chi connectivity index (χ3v) is 8.11. The van der Waals surface area contributed by atoms with E-state index >= 15 is 0 Å². The lowest BCUT2D eigenvalue weighted by Crippen LogP contribution is -2.55. The number of hydrogen-bond acceptors (Lipinski definition) is 6. The van der Waals surface area contributed by atoms with Gasteiger partial charge in [0.15, 0.2) is 5.60 Å². The molecule has 3 aliphatic rings. The Morgan fingerprint density at radius 2 is 1.84 bits per heavy atom. The van der Waals surface area contributed by atoms with Crippen molar-refractivity contribution in [2.75, 3.05) is 18.0 Å². The summed E-state index contributed by atoms with van der Waals surface area (Å²) in [5.41, 5.74) is -0.571. The maximum absolute atomic E-state index is 13.1. The molecule has 10 heteroatoms. The van der Waals surface area contributed by atoms with Gasteiger partial charge in [-0.05, 0) is 76.3 Å². The molecule has 3 fully saturated rings. The van der Waals surface area contributed by atoms with Crippen LogP contribution in [0.3, 0.4) is 0 Å². The highest BCUT2D eigenvalue weighted by Gasteiger charge is 2.43. The van der Waals surface area contributed by atoms with Crippen molar-refractivity contribution >= 4 is 40.8 Å². The van der Waals surface area contributed by atoms with Crippen LogP contribution >= 0.6 is 23.2 Å². The van der Waals surface area contributed by atoms with Gasteiger partial charge in [-0.3, -0.25) is 9.59 Å². The van der Waals surface area contributed by atoms with Gasteiger partial charge in [0, 0.05) is 42.4 Å². The summed E-state index contributed by atoms with van der Waals surface area (Å²) in [6, 6.07) is 9.24. The molecule has 4 heterocycles. The first-order valence-electron chi connectivity index (χ1n) is 12.8. The van der Waals surface area contributed by atoms with Crippen molar-refractivity contribution in [1.82, 2.24) is 15.2 Å². The SMILES string of the molecule is CC(C)(Oc1ccc(Cl)cc1Cl)C(=O)N[C@H]1C[C@H]2CC[C@@H](C1)N2c1ccc(C(=O)N2CC[C@@H](O)C2)cn1.